The van der Waals surface area contributed by atoms with Crippen LogP contribution < -0.4 is 10.6 Å². The third kappa shape index (κ3) is 3.88. The zero-order valence-corrected chi connectivity index (χ0v) is 17.2. The van der Waals surface area contributed by atoms with Gasteiger partial charge in [0.1, 0.15) is 5.82 Å². The summed E-state index contributed by atoms with van der Waals surface area (Å²) in [6, 6.07) is 6.43. The van der Waals surface area contributed by atoms with Crippen LogP contribution in [0, 0.1) is 5.82 Å². The van der Waals surface area contributed by atoms with Crippen molar-refractivity contribution in [3.05, 3.63) is 63.9 Å². The molecule has 4 rings (SSSR count). The van der Waals surface area contributed by atoms with Crippen molar-refractivity contribution in [2.75, 3.05) is 18.4 Å². The first-order valence-electron chi connectivity index (χ1n) is 9.74. The highest BCUT2D eigenvalue weighted by molar-refractivity contribution is 6.31. The molecule has 2 aliphatic heterocycles. The average Bonchev–Trinajstić information content (AvgIpc) is 3.06. The highest BCUT2D eigenvalue weighted by atomic mass is 35.5. The number of nitrogens with one attached hydrogen (secondary N) is 2. The molecular weight excluding hydrogens is 454 g/mol. The van der Waals surface area contributed by atoms with Gasteiger partial charge in [-0.25, -0.2) is 9.18 Å². The lowest BCUT2D eigenvalue weighted by atomic mass is 9.92. The predicted molar refractivity (Wildman–Crippen MR) is 108 cm³/mol. The number of halogens is 5. The zero-order valence-electron chi connectivity index (χ0n) is 16.5. The maximum atomic E-state index is 13.8. The molecule has 11 heteroatoms. The molecule has 0 unspecified atom stereocenters. The summed E-state index contributed by atoms with van der Waals surface area (Å²) in [5.41, 5.74) is -2.02. The van der Waals surface area contributed by atoms with Gasteiger partial charge in [0.15, 0.2) is 5.60 Å². The Morgan fingerprint density at radius 2 is 2.03 bits per heavy atom. The lowest BCUT2D eigenvalue weighted by molar-refractivity contribution is -0.271. The minimum atomic E-state index is -4.88. The van der Waals surface area contributed by atoms with E-state index in [-0.39, 0.29) is 34.8 Å². The number of rotatable bonds is 2. The number of nitrogens with zero attached hydrogens (tertiary/aromatic N) is 1. The van der Waals surface area contributed by atoms with Crippen LogP contribution in [0.1, 0.15) is 40.4 Å². The molecule has 6 nitrogen and oxygen atoms in total. The Labute approximate surface area is 185 Å². The van der Waals surface area contributed by atoms with E-state index in [0.29, 0.717) is 5.56 Å². The number of fused-ring (bicyclic) bond motifs is 1. The number of anilines is 1. The highest BCUT2D eigenvalue weighted by Gasteiger charge is 2.56. The zero-order chi connectivity index (χ0) is 23.3. The minimum absolute atomic E-state index is 0.0234. The SMILES string of the molecule is O=C1N[C@@H](c2cc(F)ccc2Cl)c2c(NC(=O)N3CCC[C@@](O)(C(F)(F)F)C3)cccc21. The average molecular weight is 472 g/mol. The number of alkyl halides is 3. The molecule has 0 spiro atoms. The van der Waals surface area contributed by atoms with Crippen LogP contribution >= 0.6 is 11.6 Å². The van der Waals surface area contributed by atoms with Gasteiger partial charge < -0.3 is 20.6 Å². The Morgan fingerprint density at radius 3 is 2.75 bits per heavy atom. The maximum Gasteiger partial charge on any atom is 0.418 e. The molecule has 1 fully saturated rings. The van der Waals surface area contributed by atoms with Crippen LogP contribution in [0.4, 0.5) is 28.0 Å². The van der Waals surface area contributed by atoms with Crippen molar-refractivity contribution in [2.24, 2.45) is 0 Å². The number of hydrogen-bond acceptors (Lipinski definition) is 3. The third-order valence-electron chi connectivity index (χ3n) is 5.71. The van der Waals surface area contributed by atoms with Crippen molar-refractivity contribution >= 4 is 29.2 Å². The van der Waals surface area contributed by atoms with E-state index < -0.39 is 48.5 Å². The topological polar surface area (TPSA) is 81.7 Å². The summed E-state index contributed by atoms with van der Waals surface area (Å²) in [4.78, 5) is 26.1. The Balaban J connectivity index is 1.65. The van der Waals surface area contributed by atoms with E-state index in [9.17, 15) is 32.3 Å². The monoisotopic (exact) mass is 471 g/mol. The molecule has 0 radical (unpaired) electrons. The van der Waals surface area contributed by atoms with Crippen molar-refractivity contribution in [3.63, 3.8) is 0 Å². The van der Waals surface area contributed by atoms with Gasteiger partial charge in [-0.05, 0) is 43.2 Å². The lowest BCUT2D eigenvalue weighted by Gasteiger charge is -2.40. The Morgan fingerprint density at radius 1 is 1.28 bits per heavy atom. The van der Waals surface area contributed by atoms with Crippen LogP contribution in [0.25, 0.3) is 0 Å². The number of likely N-dealkylation sites (tertiary alicyclic amines) is 1. The van der Waals surface area contributed by atoms with E-state index >= 15 is 0 Å². The molecular formula is C21H18ClF4N3O3. The molecule has 0 aliphatic carbocycles. The molecule has 1 saturated heterocycles. The molecule has 3 amide bonds. The van der Waals surface area contributed by atoms with Crippen molar-refractivity contribution in [2.45, 2.75) is 30.7 Å². The summed E-state index contributed by atoms with van der Waals surface area (Å²) in [5, 5.41) is 15.4. The molecule has 0 aromatic heterocycles. The molecule has 0 saturated carbocycles. The lowest BCUT2D eigenvalue weighted by Crippen LogP contribution is -2.58. The van der Waals surface area contributed by atoms with E-state index in [1.807, 2.05) is 0 Å². The smallest absolute Gasteiger partial charge is 0.379 e. The van der Waals surface area contributed by atoms with Gasteiger partial charge in [0.25, 0.3) is 5.91 Å². The Hall–Kier alpha value is -2.85. The first-order chi connectivity index (χ1) is 15.0. The van der Waals surface area contributed by atoms with Gasteiger partial charge in [-0.2, -0.15) is 13.2 Å². The maximum absolute atomic E-state index is 13.8. The molecule has 2 atom stereocenters. The fraction of sp³-hybridized carbons (Fsp3) is 0.333. The Kier molecular flexibility index (Phi) is 5.54. The summed E-state index contributed by atoms with van der Waals surface area (Å²) in [7, 11) is 0. The molecule has 2 aliphatic rings. The molecule has 170 valence electrons. The van der Waals surface area contributed by atoms with Gasteiger partial charge in [0.2, 0.25) is 0 Å². The minimum Gasteiger partial charge on any atom is -0.379 e. The van der Waals surface area contributed by atoms with Crippen molar-refractivity contribution in [1.29, 1.82) is 0 Å². The second-order valence-corrected chi connectivity index (χ2v) is 8.23. The van der Waals surface area contributed by atoms with Crippen LogP contribution in [0.3, 0.4) is 0 Å². The first kappa shape index (κ1) is 22.3. The van der Waals surface area contributed by atoms with E-state index in [0.717, 1.165) is 17.0 Å². The van der Waals surface area contributed by atoms with Crippen LogP contribution in [0.2, 0.25) is 5.02 Å². The molecule has 2 aromatic carbocycles. The van der Waals surface area contributed by atoms with Gasteiger partial charge >= 0.3 is 12.2 Å². The normalized spacial score (nSPS) is 23.0. The number of benzene rings is 2. The van der Waals surface area contributed by atoms with Crippen LogP contribution in [0.5, 0.6) is 0 Å². The summed E-state index contributed by atoms with van der Waals surface area (Å²) in [6.45, 7) is -0.886. The van der Waals surface area contributed by atoms with Crippen LogP contribution in [-0.2, 0) is 0 Å². The van der Waals surface area contributed by atoms with Gasteiger partial charge in [-0.3, -0.25) is 4.79 Å². The number of urea groups is 1. The Bertz CT molecular complexity index is 1090. The third-order valence-corrected chi connectivity index (χ3v) is 6.06. The van der Waals surface area contributed by atoms with Gasteiger partial charge in [-0.1, -0.05) is 17.7 Å². The summed E-state index contributed by atoms with van der Waals surface area (Å²) >= 11 is 6.20. The molecule has 2 aromatic rings. The van der Waals surface area contributed by atoms with Gasteiger partial charge in [0, 0.05) is 33.9 Å². The fourth-order valence-corrected chi connectivity index (χ4v) is 4.30. The number of aliphatic hydroxyl groups is 1. The van der Waals surface area contributed by atoms with Crippen LogP contribution in [0.15, 0.2) is 36.4 Å². The number of β-amino-alcohol motifs (C(OH)–C–C–N with tert-alkyl or cyclic N) is 1. The molecule has 32 heavy (non-hydrogen) atoms. The highest BCUT2D eigenvalue weighted by Crippen LogP contribution is 2.40. The van der Waals surface area contributed by atoms with E-state index in [1.54, 1.807) is 0 Å². The molecule has 0 bridgehead atoms. The standard InChI is InChI=1S/C21H18ClF4N3O3/c22-14-6-5-11(23)9-13(14)17-16-12(18(30)28-17)3-1-4-15(16)27-19(31)29-8-2-7-20(32,10-29)21(24,25)26/h1,3-6,9,17,32H,2,7-8,10H2,(H,27,31)(H,28,30)/t17-,20-/m0/s1. The second kappa shape index (κ2) is 7.93. The fourth-order valence-electron chi connectivity index (χ4n) is 4.07. The van der Waals surface area contributed by atoms with Crippen molar-refractivity contribution in [3.8, 4) is 0 Å². The van der Waals surface area contributed by atoms with E-state index in [2.05, 4.69) is 10.6 Å². The van der Waals surface area contributed by atoms with Crippen molar-refractivity contribution in [1.82, 2.24) is 10.2 Å². The summed E-state index contributed by atoms with van der Waals surface area (Å²) in [6.07, 6.45) is -5.41. The number of piperidine rings is 1. The molecule has 3 N–H and O–H groups in total. The van der Waals surface area contributed by atoms with Gasteiger partial charge in [0.05, 0.1) is 12.6 Å². The number of hydrogen-bond donors (Lipinski definition) is 3. The number of carbonyl (C=O) groups is 2. The van der Waals surface area contributed by atoms with Gasteiger partial charge in [-0.15, -0.1) is 0 Å². The summed E-state index contributed by atoms with van der Waals surface area (Å²) in [5.74, 6) is -1.04. The van der Waals surface area contributed by atoms with Crippen molar-refractivity contribution < 1.29 is 32.3 Å². The van der Waals surface area contributed by atoms with E-state index in [4.69, 9.17) is 11.6 Å². The number of carbonyl (C=O) groups excluding carboxylic acids is 2. The molecule has 2 heterocycles. The predicted octanol–water partition coefficient (Wildman–Crippen LogP) is 4.23. The largest absolute Gasteiger partial charge is 0.418 e. The quantitative estimate of drug-likeness (QED) is 0.573. The van der Waals surface area contributed by atoms with Crippen LogP contribution in [-0.4, -0.2) is 46.8 Å². The first-order valence-corrected chi connectivity index (χ1v) is 10.1. The second-order valence-electron chi connectivity index (χ2n) is 7.82. The summed E-state index contributed by atoms with van der Waals surface area (Å²) < 4.78 is 53.5. The number of amides is 3. The van der Waals surface area contributed by atoms with E-state index in [1.165, 1.54) is 24.3 Å².